The first kappa shape index (κ1) is 20.9. The third-order valence-electron chi connectivity index (χ3n) is 6.40. The molecule has 34 heavy (non-hydrogen) atoms. The van der Waals surface area contributed by atoms with Crippen LogP contribution in [-0.2, 0) is 4.79 Å². The Morgan fingerprint density at radius 3 is 2.82 bits per heavy atom. The standard InChI is InChI=1S/C25H23N5O3S/c1-25(2)9-15-20(16(31)10-25)19(12-11-27-22(23(26)32)21(12)28-15)17-7-8-18(33-17)34-24-29-13-5-3-4-6-14(13)30-24/h3-8,11,19,27-28H,9-10H2,1-2H3,(H2,26,32)(H,29,30). The fourth-order valence-corrected chi connectivity index (χ4v) is 5.77. The number of amides is 1. The summed E-state index contributed by atoms with van der Waals surface area (Å²) >= 11 is 1.39. The maximum atomic E-state index is 13.3. The van der Waals surface area contributed by atoms with Crippen LogP contribution in [0.2, 0.25) is 0 Å². The third kappa shape index (κ3) is 3.35. The molecular weight excluding hydrogens is 450 g/mol. The molecule has 2 aliphatic rings. The number of aromatic amines is 2. The molecule has 1 aliphatic carbocycles. The van der Waals surface area contributed by atoms with Crippen molar-refractivity contribution < 1.29 is 14.0 Å². The van der Waals surface area contributed by atoms with Gasteiger partial charge < -0.3 is 25.4 Å². The number of H-pyrrole nitrogens is 2. The molecule has 0 spiro atoms. The number of rotatable bonds is 4. The molecule has 0 saturated heterocycles. The Balaban J connectivity index is 1.41. The number of primary amides is 1. The van der Waals surface area contributed by atoms with Crippen molar-refractivity contribution in [1.82, 2.24) is 15.0 Å². The summed E-state index contributed by atoms with van der Waals surface area (Å²) in [5.74, 6) is -0.265. The lowest BCUT2D eigenvalue weighted by atomic mass is 9.70. The number of benzene rings is 1. The number of anilines is 1. The van der Waals surface area contributed by atoms with Gasteiger partial charge in [0.05, 0.1) is 22.6 Å². The highest BCUT2D eigenvalue weighted by Crippen LogP contribution is 2.50. The van der Waals surface area contributed by atoms with E-state index in [1.165, 1.54) is 11.8 Å². The summed E-state index contributed by atoms with van der Waals surface area (Å²) in [6.45, 7) is 4.14. The first-order valence-electron chi connectivity index (χ1n) is 11.1. The molecule has 3 aromatic heterocycles. The molecule has 6 rings (SSSR count). The van der Waals surface area contributed by atoms with E-state index in [1.54, 1.807) is 6.20 Å². The Morgan fingerprint density at radius 2 is 2.03 bits per heavy atom. The van der Waals surface area contributed by atoms with Crippen molar-refractivity contribution in [2.45, 2.75) is 42.9 Å². The molecule has 9 heteroatoms. The first-order chi connectivity index (χ1) is 16.3. The van der Waals surface area contributed by atoms with E-state index >= 15 is 0 Å². The average Bonchev–Trinajstić information content (AvgIpc) is 3.49. The quantitative estimate of drug-likeness (QED) is 0.332. The lowest BCUT2D eigenvalue weighted by Gasteiger charge is -2.38. The van der Waals surface area contributed by atoms with E-state index in [4.69, 9.17) is 10.2 Å². The number of allylic oxidation sites excluding steroid dienone is 2. The maximum Gasteiger partial charge on any atom is 0.267 e. The highest BCUT2D eigenvalue weighted by molar-refractivity contribution is 7.99. The van der Waals surface area contributed by atoms with Gasteiger partial charge in [-0.05, 0) is 47.9 Å². The van der Waals surface area contributed by atoms with Crippen LogP contribution in [0.3, 0.4) is 0 Å². The van der Waals surface area contributed by atoms with Gasteiger partial charge >= 0.3 is 0 Å². The molecule has 5 N–H and O–H groups in total. The average molecular weight is 474 g/mol. The number of nitrogens with two attached hydrogens (primary N) is 1. The second-order valence-electron chi connectivity index (χ2n) is 9.57. The number of para-hydroxylation sites is 2. The molecule has 172 valence electrons. The van der Waals surface area contributed by atoms with Gasteiger partial charge in [0.1, 0.15) is 11.5 Å². The van der Waals surface area contributed by atoms with E-state index in [9.17, 15) is 9.59 Å². The van der Waals surface area contributed by atoms with Crippen LogP contribution in [0.25, 0.3) is 11.0 Å². The van der Waals surface area contributed by atoms with Crippen molar-refractivity contribution in [3.8, 4) is 0 Å². The summed E-state index contributed by atoms with van der Waals surface area (Å²) in [5, 5.41) is 4.72. The molecule has 1 amide bonds. The first-order valence-corrected chi connectivity index (χ1v) is 11.9. The van der Waals surface area contributed by atoms with Crippen molar-refractivity contribution >= 4 is 40.2 Å². The zero-order valence-electron chi connectivity index (χ0n) is 18.7. The van der Waals surface area contributed by atoms with Crippen LogP contribution in [0.4, 0.5) is 5.69 Å². The Morgan fingerprint density at radius 1 is 1.21 bits per heavy atom. The zero-order valence-corrected chi connectivity index (χ0v) is 19.5. The summed E-state index contributed by atoms with van der Waals surface area (Å²) < 4.78 is 6.26. The molecule has 0 bridgehead atoms. The predicted molar refractivity (Wildman–Crippen MR) is 129 cm³/mol. The number of Topliss-reactive ketones (excluding diaryl/α,β-unsaturated/α-hetero) is 1. The summed E-state index contributed by atoms with van der Waals surface area (Å²) in [7, 11) is 0. The van der Waals surface area contributed by atoms with Gasteiger partial charge in [-0.25, -0.2) is 4.98 Å². The van der Waals surface area contributed by atoms with Gasteiger partial charge in [0.25, 0.3) is 5.91 Å². The van der Waals surface area contributed by atoms with Gasteiger partial charge in [-0.15, -0.1) is 0 Å². The van der Waals surface area contributed by atoms with E-state index in [0.29, 0.717) is 40.6 Å². The van der Waals surface area contributed by atoms with Crippen LogP contribution in [0.15, 0.2) is 68.5 Å². The number of aromatic nitrogens is 3. The molecular formula is C25H23N5O3S. The van der Waals surface area contributed by atoms with Crippen LogP contribution in [0, 0.1) is 5.41 Å². The van der Waals surface area contributed by atoms with Crippen molar-refractivity contribution in [3.63, 3.8) is 0 Å². The number of hydrogen-bond donors (Lipinski definition) is 4. The van der Waals surface area contributed by atoms with E-state index in [-0.39, 0.29) is 11.2 Å². The Labute approximate surface area is 199 Å². The molecule has 1 unspecified atom stereocenters. The van der Waals surface area contributed by atoms with Crippen molar-refractivity contribution in [3.05, 3.63) is 70.9 Å². The van der Waals surface area contributed by atoms with Gasteiger partial charge in [-0.1, -0.05) is 26.0 Å². The number of hydrogen-bond acceptors (Lipinski definition) is 6. The molecule has 1 atom stereocenters. The molecule has 4 aromatic rings. The molecule has 0 saturated carbocycles. The molecule has 1 aromatic carbocycles. The van der Waals surface area contributed by atoms with E-state index in [2.05, 4.69) is 34.1 Å². The highest BCUT2D eigenvalue weighted by atomic mass is 32.2. The summed E-state index contributed by atoms with van der Waals surface area (Å²) in [5.41, 5.74) is 10.5. The number of furan rings is 1. The van der Waals surface area contributed by atoms with Gasteiger partial charge in [0, 0.05) is 29.5 Å². The maximum absolute atomic E-state index is 13.3. The largest absolute Gasteiger partial charge is 0.453 e. The smallest absolute Gasteiger partial charge is 0.267 e. The Kier molecular flexibility index (Phi) is 4.54. The highest BCUT2D eigenvalue weighted by Gasteiger charge is 2.43. The van der Waals surface area contributed by atoms with Crippen molar-refractivity contribution in [2.75, 3.05) is 5.32 Å². The van der Waals surface area contributed by atoms with Crippen molar-refractivity contribution in [2.24, 2.45) is 11.1 Å². The summed E-state index contributed by atoms with van der Waals surface area (Å²) in [4.78, 5) is 36.2. The monoisotopic (exact) mass is 473 g/mol. The van der Waals surface area contributed by atoms with Gasteiger partial charge in [0.2, 0.25) is 0 Å². The van der Waals surface area contributed by atoms with Crippen LogP contribution < -0.4 is 11.1 Å². The van der Waals surface area contributed by atoms with E-state index < -0.39 is 11.8 Å². The lowest BCUT2D eigenvalue weighted by Crippen LogP contribution is -2.33. The lowest BCUT2D eigenvalue weighted by molar-refractivity contribution is -0.118. The molecule has 8 nitrogen and oxygen atoms in total. The van der Waals surface area contributed by atoms with E-state index in [0.717, 1.165) is 27.5 Å². The van der Waals surface area contributed by atoms with E-state index in [1.807, 2.05) is 36.4 Å². The molecule has 0 fully saturated rings. The second-order valence-corrected chi connectivity index (χ2v) is 10.6. The van der Waals surface area contributed by atoms with Crippen LogP contribution in [0.1, 0.15) is 54.4 Å². The van der Waals surface area contributed by atoms with Crippen LogP contribution in [-0.4, -0.2) is 26.6 Å². The van der Waals surface area contributed by atoms with Crippen LogP contribution >= 0.6 is 11.8 Å². The zero-order chi connectivity index (χ0) is 23.6. The predicted octanol–water partition coefficient (Wildman–Crippen LogP) is 4.93. The van der Waals surface area contributed by atoms with Crippen molar-refractivity contribution in [1.29, 1.82) is 0 Å². The third-order valence-corrected chi connectivity index (χ3v) is 7.21. The fourth-order valence-electron chi connectivity index (χ4n) is 5.00. The number of imidazole rings is 1. The fraction of sp³-hybridized carbons (Fsp3) is 0.240. The minimum atomic E-state index is -0.557. The molecule has 0 radical (unpaired) electrons. The minimum absolute atomic E-state index is 0.0825. The van der Waals surface area contributed by atoms with Gasteiger partial charge in [-0.2, -0.15) is 0 Å². The minimum Gasteiger partial charge on any atom is -0.453 e. The molecule has 1 aliphatic heterocycles. The topological polar surface area (TPSA) is 130 Å². The summed E-state index contributed by atoms with van der Waals surface area (Å²) in [6, 6.07) is 11.6. The number of ketones is 1. The van der Waals surface area contributed by atoms with Gasteiger partial charge in [-0.3, -0.25) is 9.59 Å². The number of carbonyl (C=O) groups is 2. The Bertz CT molecular complexity index is 1470. The summed E-state index contributed by atoms with van der Waals surface area (Å²) in [6.07, 6.45) is 2.88. The van der Waals surface area contributed by atoms with Crippen LogP contribution in [0.5, 0.6) is 0 Å². The normalized spacial score (nSPS) is 19.1. The van der Waals surface area contributed by atoms with Gasteiger partial charge in [0.15, 0.2) is 16.0 Å². The number of nitrogens with one attached hydrogen (secondary N) is 3. The number of nitrogens with zero attached hydrogens (tertiary/aromatic N) is 1. The molecule has 4 heterocycles. The number of fused-ring (bicyclic) bond motifs is 2. The second kappa shape index (κ2) is 7.39. The Hall–Kier alpha value is -3.72. The SMILES string of the molecule is CC1(C)CC(=O)C2=C(C1)Nc1c(c[nH]c1C(N)=O)C2c1ccc(Sc2nc3ccccc3[nH]2)o1. The number of carbonyl (C=O) groups excluding carboxylic acids is 2.